The summed E-state index contributed by atoms with van der Waals surface area (Å²) in [5.74, 6) is 1.19. The van der Waals surface area contributed by atoms with Crippen LogP contribution >= 0.6 is 0 Å². The van der Waals surface area contributed by atoms with Crippen LogP contribution in [0.2, 0.25) is 0 Å². The van der Waals surface area contributed by atoms with Gasteiger partial charge in [-0.3, -0.25) is 14.3 Å². The van der Waals surface area contributed by atoms with E-state index in [1.54, 1.807) is 27.2 Å². The number of H-pyrrole nitrogens is 1. The first-order chi connectivity index (χ1) is 16.8. The van der Waals surface area contributed by atoms with Gasteiger partial charge in [-0.1, -0.05) is 18.2 Å². The van der Waals surface area contributed by atoms with E-state index >= 15 is 0 Å². The molecule has 1 aliphatic rings. The number of nitrogens with one attached hydrogen (secondary N) is 2. The average Bonchev–Trinajstić information content (AvgIpc) is 3.19. The number of methoxy groups -OCH3 is 1. The number of para-hydroxylation sites is 1. The molecule has 190 valence electrons. The molecule has 0 radical (unpaired) electrons. The molecule has 0 fully saturated rings. The molecule has 2 N–H and O–H groups in total. The number of halogens is 2. The van der Waals surface area contributed by atoms with Crippen LogP contribution < -0.4 is 14.8 Å². The van der Waals surface area contributed by atoms with Crippen molar-refractivity contribution in [1.29, 1.82) is 0 Å². The van der Waals surface area contributed by atoms with Crippen molar-refractivity contribution in [3.8, 4) is 11.5 Å². The molecule has 8 heteroatoms. The summed E-state index contributed by atoms with van der Waals surface area (Å²) in [5.41, 5.74) is 2.70. The van der Waals surface area contributed by atoms with Crippen molar-refractivity contribution in [2.45, 2.75) is 51.4 Å². The van der Waals surface area contributed by atoms with Crippen LogP contribution in [0.25, 0.3) is 10.9 Å². The molecule has 0 saturated carbocycles. The number of alkyl halides is 2. The summed E-state index contributed by atoms with van der Waals surface area (Å²) >= 11 is 0. The van der Waals surface area contributed by atoms with Gasteiger partial charge in [-0.2, -0.15) is 0 Å². The van der Waals surface area contributed by atoms with Gasteiger partial charge in [0.1, 0.15) is 29.5 Å². The summed E-state index contributed by atoms with van der Waals surface area (Å²) in [7, 11) is 1.62. The van der Waals surface area contributed by atoms with Crippen LogP contribution in [0.3, 0.4) is 0 Å². The van der Waals surface area contributed by atoms with E-state index in [1.165, 1.54) is 10.9 Å². The second-order valence-electron chi connectivity index (χ2n) is 9.81. The van der Waals surface area contributed by atoms with Crippen molar-refractivity contribution in [3.63, 3.8) is 0 Å². The smallest absolute Gasteiger partial charge is 0.146 e. The van der Waals surface area contributed by atoms with Gasteiger partial charge in [-0.15, -0.1) is 0 Å². The first kappa shape index (κ1) is 25.4. The minimum Gasteiger partial charge on any atom is -0.495 e. The van der Waals surface area contributed by atoms with E-state index < -0.39 is 5.67 Å². The fourth-order valence-corrected chi connectivity index (χ4v) is 4.93. The SMILES string of the molecule is COc1cc(OCCNCCCF)cnc1C1c2[nH]c3ccccc3c2C[C@@H](C)N1CC(C)(C)F. The molecule has 1 aliphatic heterocycles. The zero-order chi connectivity index (χ0) is 25.0. The van der Waals surface area contributed by atoms with Crippen LogP contribution in [0.5, 0.6) is 11.5 Å². The minimum atomic E-state index is -1.37. The summed E-state index contributed by atoms with van der Waals surface area (Å²) in [6.45, 7) is 6.97. The predicted octanol–water partition coefficient (Wildman–Crippen LogP) is 4.98. The highest BCUT2D eigenvalue weighted by Gasteiger charge is 2.40. The van der Waals surface area contributed by atoms with E-state index in [-0.39, 0.29) is 25.3 Å². The first-order valence-electron chi connectivity index (χ1n) is 12.3. The molecule has 6 nitrogen and oxygen atoms in total. The Balaban J connectivity index is 1.68. The van der Waals surface area contributed by atoms with Crippen molar-refractivity contribution in [2.24, 2.45) is 0 Å². The molecule has 3 aromatic rings. The Bertz CT molecular complexity index is 1130. The Morgan fingerprint density at radius 2 is 2.06 bits per heavy atom. The lowest BCUT2D eigenvalue weighted by molar-refractivity contribution is 0.0644. The number of pyridine rings is 1. The van der Waals surface area contributed by atoms with Gasteiger partial charge in [0.25, 0.3) is 0 Å². The zero-order valence-electron chi connectivity index (χ0n) is 21.0. The van der Waals surface area contributed by atoms with Crippen molar-refractivity contribution < 1.29 is 18.3 Å². The van der Waals surface area contributed by atoms with Gasteiger partial charge >= 0.3 is 0 Å². The predicted molar refractivity (Wildman–Crippen MR) is 135 cm³/mol. The van der Waals surface area contributed by atoms with Crippen LogP contribution in [0.1, 0.15) is 50.2 Å². The summed E-state index contributed by atoms with van der Waals surface area (Å²) in [6.07, 6.45) is 3.01. The van der Waals surface area contributed by atoms with Gasteiger partial charge in [0.2, 0.25) is 0 Å². The Labute approximate surface area is 206 Å². The third kappa shape index (κ3) is 5.76. The molecule has 0 spiro atoms. The molecule has 2 aromatic heterocycles. The number of hydrogen-bond donors (Lipinski definition) is 2. The van der Waals surface area contributed by atoms with Crippen LogP contribution in [0.15, 0.2) is 36.5 Å². The van der Waals surface area contributed by atoms with Gasteiger partial charge in [0.15, 0.2) is 0 Å². The number of hydrogen-bond acceptors (Lipinski definition) is 5. The molecule has 3 heterocycles. The molecule has 4 rings (SSSR count). The molecule has 2 atom stereocenters. The van der Waals surface area contributed by atoms with Crippen molar-refractivity contribution in [2.75, 3.05) is 40.0 Å². The molecule has 1 unspecified atom stereocenters. The van der Waals surface area contributed by atoms with E-state index in [0.29, 0.717) is 37.6 Å². The second-order valence-corrected chi connectivity index (χ2v) is 9.81. The highest BCUT2D eigenvalue weighted by molar-refractivity contribution is 5.85. The highest BCUT2D eigenvalue weighted by Crippen LogP contribution is 2.43. The van der Waals surface area contributed by atoms with E-state index in [0.717, 1.165) is 23.3 Å². The summed E-state index contributed by atoms with van der Waals surface area (Å²) in [6, 6.07) is 9.92. The van der Waals surface area contributed by atoms with Gasteiger partial charge in [-0.25, -0.2) is 4.39 Å². The maximum Gasteiger partial charge on any atom is 0.146 e. The van der Waals surface area contributed by atoms with Crippen molar-refractivity contribution >= 4 is 10.9 Å². The third-order valence-corrected chi connectivity index (χ3v) is 6.45. The van der Waals surface area contributed by atoms with Gasteiger partial charge in [0.05, 0.1) is 26.0 Å². The highest BCUT2D eigenvalue weighted by atomic mass is 19.1. The quantitative estimate of drug-likeness (QED) is 0.374. The molecule has 0 amide bonds. The second kappa shape index (κ2) is 10.9. The number of ether oxygens (including phenoxy) is 2. The van der Waals surface area contributed by atoms with Crippen LogP contribution in [-0.2, 0) is 6.42 Å². The summed E-state index contributed by atoms with van der Waals surface area (Å²) in [5, 5.41) is 4.33. The maximum absolute atomic E-state index is 15.0. The number of aromatic nitrogens is 2. The van der Waals surface area contributed by atoms with E-state index in [4.69, 9.17) is 14.5 Å². The normalized spacial score (nSPS) is 18.6. The molecule has 0 aliphatic carbocycles. The lowest BCUT2D eigenvalue weighted by Gasteiger charge is -2.42. The monoisotopic (exact) mass is 486 g/mol. The number of rotatable bonds is 11. The molecular formula is C27H36F2N4O2. The number of nitrogens with zero attached hydrogens (tertiary/aromatic N) is 2. The van der Waals surface area contributed by atoms with E-state index in [1.807, 2.05) is 18.2 Å². The standard InChI is InChI=1S/C27H36F2N4O2/c1-18-14-21-20-8-5-6-9-22(20)32-24(21)26(33(18)17-27(2,3)29)25-23(34-4)15-19(16-31-25)35-13-12-30-11-7-10-28/h5-6,8-9,15-16,18,26,30,32H,7,10-14,17H2,1-4H3/t18-,26?/m1/s1. The average molecular weight is 487 g/mol. The van der Waals surface area contributed by atoms with E-state index in [2.05, 4.69) is 34.3 Å². The number of fused-ring (bicyclic) bond motifs is 3. The fraction of sp³-hybridized carbons (Fsp3) is 0.519. The number of aromatic amines is 1. The largest absolute Gasteiger partial charge is 0.495 e. The first-order valence-corrected chi connectivity index (χ1v) is 12.3. The van der Waals surface area contributed by atoms with Gasteiger partial charge < -0.3 is 19.8 Å². The molecular weight excluding hydrogens is 450 g/mol. The van der Waals surface area contributed by atoms with Crippen molar-refractivity contribution in [3.05, 3.63) is 53.5 Å². The number of benzene rings is 1. The third-order valence-electron chi connectivity index (χ3n) is 6.45. The van der Waals surface area contributed by atoms with Gasteiger partial charge in [0, 0.05) is 41.8 Å². The molecule has 1 aromatic carbocycles. The Hall–Kier alpha value is -2.71. The van der Waals surface area contributed by atoms with Crippen LogP contribution in [0.4, 0.5) is 8.78 Å². The van der Waals surface area contributed by atoms with Crippen LogP contribution in [-0.4, -0.2) is 66.6 Å². The van der Waals surface area contributed by atoms with Gasteiger partial charge in [-0.05, 0) is 51.8 Å². The summed E-state index contributed by atoms with van der Waals surface area (Å²) in [4.78, 5) is 10.6. The molecule has 35 heavy (non-hydrogen) atoms. The Morgan fingerprint density at radius 3 is 2.80 bits per heavy atom. The van der Waals surface area contributed by atoms with Crippen molar-refractivity contribution in [1.82, 2.24) is 20.2 Å². The fourth-order valence-electron chi connectivity index (χ4n) is 4.93. The zero-order valence-corrected chi connectivity index (χ0v) is 21.0. The Kier molecular flexibility index (Phi) is 7.91. The summed E-state index contributed by atoms with van der Waals surface area (Å²) < 4.78 is 38.8. The topological polar surface area (TPSA) is 62.4 Å². The van der Waals surface area contributed by atoms with Crippen LogP contribution in [0, 0.1) is 0 Å². The minimum absolute atomic E-state index is 0.111. The molecule has 0 bridgehead atoms. The Morgan fingerprint density at radius 1 is 1.26 bits per heavy atom. The maximum atomic E-state index is 15.0. The molecule has 0 saturated heterocycles. The lowest BCUT2D eigenvalue weighted by atomic mass is 9.89. The lowest BCUT2D eigenvalue weighted by Crippen LogP contribution is -2.48. The van der Waals surface area contributed by atoms with E-state index in [9.17, 15) is 8.78 Å².